The summed E-state index contributed by atoms with van der Waals surface area (Å²) in [6.45, 7) is 1.18. The van der Waals surface area contributed by atoms with Crippen molar-refractivity contribution in [3.8, 4) is 28.3 Å². The Bertz CT molecular complexity index is 1260. The summed E-state index contributed by atoms with van der Waals surface area (Å²) < 4.78 is 5.38. The normalized spacial score (nSPS) is 14.1. The Morgan fingerprint density at radius 2 is 1.84 bits per heavy atom. The number of nitrogens with zero attached hydrogens (tertiary/aromatic N) is 4. The molecule has 154 valence electrons. The van der Waals surface area contributed by atoms with Gasteiger partial charge in [-0.15, -0.1) is 0 Å². The van der Waals surface area contributed by atoms with Crippen molar-refractivity contribution in [3.63, 3.8) is 0 Å². The summed E-state index contributed by atoms with van der Waals surface area (Å²) in [6.07, 6.45) is 4.96. The molecule has 1 aliphatic rings. The molecule has 0 saturated carbocycles. The number of anilines is 1. The second kappa shape index (κ2) is 8.14. The molecular weight excluding hydrogens is 388 g/mol. The highest BCUT2D eigenvalue weighted by Gasteiger charge is 2.22. The predicted octanol–water partition coefficient (Wildman–Crippen LogP) is 4.54. The predicted molar refractivity (Wildman–Crippen MR) is 121 cm³/mol. The van der Waals surface area contributed by atoms with Crippen molar-refractivity contribution < 1.29 is 9.53 Å². The molecule has 0 radical (unpaired) electrons. The van der Waals surface area contributed by atoms with E-state index in [0.717, 1.165) is 52.1 Å². The summed E-state index contributed by atoms with van der Waals surface area (Å²) in [7, 11) is 1.67. The van der Waals surface area contributed by atoms with Crippen LogP contribution in [0.1, 0.15) is 12.8 Å². The fraction of sp³-hybridized carbons (Fsp3) is 0.200. The molecule has 1 saturated heterocycles. The number of methoxy groups -OCH3 is 1. The molecule has 5 rings (SSSR count). The first-order valence-corrected chi connectivity index (χ1v) is 10.3. The van der Waals surface area contributed by atoms with Crippen LogP contribution >= 0.6 is 0 Å². The summed E-state index contributed by atoms with van der Waals surface area (Å²) >= 11 is 0. The fourth-order valence-electron chi connectivity index (χ4n) is 3.98. The van der Waals surface area contributed by atoms with E-state index in [1.807, 2.05) is 36.4 Å². The first kappa shape index (κ1) is 19.2. The molecule has 6 nitrogen and oxygen atoms in total. The molecule has 4 aromatic rings. The largest absolute Gasteiger partial charge is 0.497 e. The SMILES string of the molecule is COc1cccc(-c2ccc3nc(-c4cccnc4)nc(N4CCCC(=O)C4)c3c2)c1. The molecule has 0 aliphatic carbocycles. The summed E-state index contributed by atoms with van der Waals surface area (Å²) in [5.41, 5.74) is 3.80. The van der Waals surface area contributed by atoms with E-state index >= 15 is 0 Å². The number of fused-ring (bicyclic) bond motifs is 1. The molecule has 2 aromatic heterocycles. The zero-order valence-corrected chi connectivity index (χ0v) is 17.3. The molecule has 6 heteroatoms. The smallest absolute Gasteiger partial charge is 0.163 e. The molecular formula is C25H22N4O2. The minimum absolute atomic E-state index is 0.241. The number of benzene rings is 2. The van der Waals surface area contributed by atoms with Crippen molar-refractivity contribution in [2.24, 2.45) is 0 Å². The van der Waals surface area contributed by atoms with Crippen molar-refractivity contribution in [2.75, 3.05) is 25.1 Å². The monoisotopic (exact) mass is 410 g/mol. The van der Waals surface area contributed by atoms with E-state index in [9.17, 15) is 4.79 Å². The second-order valence-corrected chi connectivity index (χ2v) is 7.64. The van der Waals surface area contributed by atoms with E-state index in [2.05, 4.69) is 28.1 Å². The van der Waals surface area contributed by atoms with Crippen LogP contribution in [0.15, 0.2) is 67.0 Å². The molecule has 1 fully saturated rings. The van der Waals surface area contributed by atoms with Crippen LogP contribution in [0.3, 0.4) is 0 Å². The Kier molecular flexibility index (Phi) is 5.04. The number of hydrogen-bond donors (Lipinski definition) is 0. The number of aromatic nitrogens is 3. The molecule has 0 N–H and O–H groups in total. The van der Waals surface area contributed by atoms with Gasteiger partial charge in [-0.1, -0.05) is 18.2 Å². The van der Waals surface area contributed by atoms with Crippen molar-refractivity contribution >= 4 is 22.5 Å². The molecule has 2 aromatic carbocycles. The van der Waals surface area contributed by atoms with E-state index in [4.69, 9.17) is 14.7 Å². The van der Waals surface area contributed by atoms with Crippen LogP contribution in [-0.4, -0.2) is 40.9 Å². The van der Waals surface area contributed by atoms with E-state index in [-0.39, 0.29) is 5.78 Å². The van der Waals surface area contributed by atoms with Crippen molar-refractivity contribution in [2.45, 2.75) is 12.8 Å². The number of ketones is 1. The van der Waals surface area contributed by atoms with Crippen LogP contribution in [0, 0.1) is 0 Å². The second-order valence-electron chi connectivity index (χ2n) is 7.64. The van der Waals surface area contributed by atoms with Gasteiger partial charge in [0.25, 0.3) is 0 Å². The highest BCUT2D eigenvalue weighted by molar-refractivity contribution is 5.96. The highest BCUT2D eigenvalue weighted by Crippen LogP contribution is 2.33. The molecule has 0 bridgehead atoms. The number of carbonyl (C=O) groups is 1. The molecule has 0 amide bonds. The molecule has 1 aliphatic heterocycles. The average Bonchev–Trinajstić information content (AvgIpc) is 2.83. The van der Waals surface area contributed by atoms with Gasteiger partial charge in [-0.2, -0.15) is 0 Å². The highest BCUT2D eigenvalue weighted by atomic mass is 16.5. The van der Waals surface area contributed by atoms with Gasteiger partial charge in [-0.3, -0.25) is 9.78 Å². The standard InChI is InChI=1S/C25H22N4O2/c1-31-21-8-2-5-17(13-21)18-9-10-23-22(14-18)25(29-12-4-7-20(30)16-29)28-24(27-23)19-6-3-11-26-15-19/h2-3,5-6,8-11,13-15H,4,7,12,16H2,1H3. The van der Waals surface area contributed by atoms with Crippen LogP contribution < -0.4 is 9.64 Å². The number of hydrogen-bond acceptors (Lipinski definition) is 6. The maximum absolute atomic E-state index is 12.2. The lowest BCUT2D eigenvalue weighted by atomic mass is 10.0. The molecule has 0 unspecified atom stereocenters. The van der Waals surface area contributed by atoms with Crippen molar-refractivity contribution in [3.05, 3.63) is 67.0 Å². The van der Waals surface area contributed by atoms with Crippen LogP contribution in [0.2, 0.25) is 0 Å². The van der Waals surface area contributed by atoms with Crippen molar-refractivity contribution in [1.29, 1.82) is 0 Å². The maximum Gasteiger partial charge on any atom is 0.163 e. The van der Waals surface area contributed by atoms with Gasteiger partial charge in [0.1, 0.15) is 11.6 Å². The number of ether oxygens (including phenoxy) is 1. The minimum Gasteiger partial charge on any atom is -0.497 e. The van der Waals surface area contributed by atoms with Gasteiger partial charge in [-0.25, -0.2) is 9.97 Å². The summed E-state index contributed by atoms with van der Waals surface area (Å²) in [5.74, 6) is 2.46. The lowest BCUT2D eigenvalue weighted by Gasteiger charge is -2.28. The van der Waals surface area contributed by atoms with Gasteiger partial charge in [0, 0.05) is 36.3 Å². The van der Waals surface area contributed by atoms with Crippen LogP contribution in [0.4, 0.5) is 5.82 Å². The zero-order chi connectivity index (χ0) is 21.2. The number of piperidine rings is 1. The third kappa shape index (κ3) is 3.84. The third-order valence-electron chi connectivity index (χ3n) is 5.55. The van der Waals surface area contributed by atoms with E-state index in [1.54, 1.807) is 19.5 Å². The topological polar surface area (TPSA) is 68.2 Å². The number of rotatable bonds is 4. The number of pyridine rings is 1. The Balaban J connectivity index is 1.69. The van der Waals surface area contributed by atoms with E-state index < -0.39 is 0 Å². The molecule has 3 heterocycles. The average molecular weight is 410 g/mol. The summed E-state index contributed by atoms with van der Waals surface area (Å²) in [5, 5.41) is 0.933. The molecule has 31 heavy (non-hydrogen) atoms. The van der Waals surface area contributed by atoms with Gasteiger partial charge >= 0.3 is 0 Å². The minimum atomic E-state index is 0.241. The Morgan fingerprint density at radius 3 is 2.65 bits per heavy atom. The van der Waals surface area contributed by atoms with Gasteiger partial charge in [0.15, 0.2) is 11.6 Å². The molecule has 0 spiro atoms. The number of carbonyl (C=O) groups excluding carboxylic acids is 1. The molecule has 0 atom stereocenters. The van der Waals surface area contributed by atoms with Gasteiger partial charge in [0.2, 0.25) is 0 Å². The Labute approximate surface area is 180 Å². The summed E-state index contributed by atoms with van der Waals surface area (Å²) in [4.78, 5) is 28.2. The fourth-order valence-corrected chi connectivity index (χ4v) is 3.98. The Hall–Kier alpha value is -3.80. The van der Waals surface area contributed by atoms with E-state index in [0.29, 0.717) is 18.8 Å². The first-order valence-electron chi connectivity index (χ1n) is 10.3. The van der Waals surface area contributed by atoms with Gasteiger partial charge < -0.3 is 9.64 Å². The maximum atomic E-state index is 12.2. The first-order chi connectivity index (χ1) is 15.2. The van der Waals surface area contributed by atoms with Crippen molar-refractivity contribution in [1.82, 2.24) is 15.0 Å². The summed E-state index contributed by atoms with van der Waals surface area (Å²) in [6, 6.07) is 18.0. The lowest BCUT2D eigenvalue weighted by molar-refractivity contribution is -0.118. The lowest BCUT2D eigenvalue weighted by Crippen LogP contribution is -2.36. The third-order valence-corrected chi connectivity index (χ3v) is 5.55. The number of Topliss-reactive ketones (excluding diaryl/α,β-unsaturated/α-hetero) is 1. The quantitative estimate of drug-likeness (QED) is 0.492. The van der Waals surface area contributed by atoms with Crippen LogP contribution in [0.25, 0.3) is 33.4 Å². The van der Waals surface area contributed by atoms with Crippen LogP contribution in [-0.2, 0) is 4.79 Å². The zero-order valence-electron chi connectivity index (χ0n) is 17.3. The Morgan fingerprint density at radius 1 is 0.968 bits per heavy atom. The van der Waals surface area contributed by atoms with Gasteiger partial charge in [0.05, 0.1) is 19.2 Å². The van der Waals surface area contributed by atoms with E-state index in [1.165, 1.54) is 0 Å². The van der Waals surface area contributed by atoms with Crippen LogP contribution in [0.5, 0.6) is 5.75 Å². The van der Waals surface area contributed by atoms with Gasteiger partial charge in [-0.05, 0) is 53.9 Å².